The molecule has 7 heteroatoms. The molecular formula is C16H14F2N2O2S. The Morgan fingerprint density at radius 3 is 2.43 bits per heavy atom. The fourth-order valence-electron chi connectivity index (χ4n) is 2.35. The molecule has 0 bridgehead atoms. The smallest absolute Gasteiger partial charge is 0.375 e. The van der Waals surface area contributed by atoms with Gasteiger partial charge in [0.25, 0.3) is 0 Å². The zero-order valence-corrected chi connectivity index (χ0v) is 13.3. The van der Waals surface area contributed by atoms with Crippen LogP contribution in [0.2, 0.25) is 0 Å². The fraction of sp³-hybridized carbons (Fsp3) is 0.188. The fourth-order valence-corrected chi connectivity index (χ4v) is 3.15. The van der Waals surface area contributed by atoms with Crippen molar-refractivity contribution in [1.82, 2.24) is 0 Å². The van der Waals surface area contributed by atoms with Crippen LogP contribution in [0.4, 0.5) is 20.2 Å². The van der Waals surface area contributed by atoms with Crippen LogP contribution >= 0.6 is 11.8 Å². The molecule has 1 aliphatic rings. The quantitative estimate of drug-likeness (QED) is 0.802. The summed E-state index contributed by atoms with van der Waals surface area (Å²) in [5.41, 5.74) is 8.46. The Kier molecular flexibility index (Phi) is 3.68. The number of thioether (sulfide) groups is 1. The Morgan fingerprint density at radius 1 is 1.13 bits per heavy atom. The van der Waals surface area contributed by atoms with Gasteiger partial charge in [-0.15, -0.1) is 0 Å². The lowest BCUT2D eigenvalue weighted by Gasteiger charge is -2.24. The lowest BCUT2D eigenvalue weighted by Crippen LogP contribution is -2.34. The van der Waals surface area contributed by atoms with Crippen molar-refractivity contribution in [3.63, 3.8) is 0 Å². The molecule has 0 spiro atoms. The molecule has 0 atom stereocenters. The number of carbonyl (C=O) groups excluding carboxylic acids is 1. The van der Waals surface area contributed by atoms with E-state index in [1.165, 1.54) is 12.1 Å². The van der Waals surface area contributed by atoms with Gasteiger partial charge >= 0.3 is 11.2 Å². The molecule has 2 aromatic carbocycles. The predicted octanol–water partition coefficient (Wildman–Crippen LogP) is 4.31. The zero-order chi connectivity index (χ0) is 16.8. The summed E-state index contributed by atoms with van der Waals surface area (Å²) in [6.07, 6.45) is 0. The molecule has 2 aromatic rings. The molecule has 1 aliphatic heterocycles. The van der Waals surface area contributed by atoms with Crippen molar-refractivity contribution in [2.24, 2.45) is 0 Å². The third kappa shape index (κ3) is 3.10. The highest BCUT2D eigenvalue weighted by molar-refractivity contribution is 8.01. The number of fused-ring (bicyclic) bond motifs is 1. The number of aryl methyl sites for hydroxylation is 2. The number of nitrogens with one attached hydrogen (secondary N) is 1. The van der Waals surface area contributed by atoms with Gasteiger partial charge in [-0.2, -0.15) is 8.78 Å². The summed E-state index contributed by atoms with van der Waals surface area (Å²) in [7, 11) is 0. The van der Waals surface area contributed by atoms with E-state index in [-0.39, 0.29) is 33.8 Å². The maximum absolute atomic E-state index is 13.5. The summed E-state index contributed by atoms with van der Waals surface area (Å²) in [5, 5.41) is -1.36. The number of carbonyl (C=O) groups is 1. The molecule has 0 aliphatic carbocycles. The first-order valence-corrected chi connectivity index (χ1v) is 7.64. The highest BCUT2D eigenvalue weighted by Gasteiger charge is 2.44. The molecular weight excluding hydrogens is 322 g/mol. The second-order valence-electron chi connectivity index (χ2n) is 5.38. The standard InChI is InChI=1S/C16H14F2N2O2S/c1-8-3-9(2)5-10(4-8)22-13-7-14-12(6-11(13)19)20-15(21)16(17,18)23-14/h3-7H,19H2,1-2H3,(H,20,21). The van der Waals surface area contributed by atoms with Gasteiger partial charge in [0.15, 0.2) is 5.75 Å². The molecule has 3 rings (SSSR count). The number of rotatable bonds is 2. The van der Waals surface area contributed by atoms with E-state index >= 15 is 0 Å². The molecule has 120 valence electrons. The van der Waals surface area contributed by atoms with Gasteiger partial charge < -0.3 is 15.8 Å². The summed E-state index contributed by atoms with van der Waals surface area (Å²) in [6, 6.07) is 8.49. The molecule has 0 radical (unpaired) electrons. The second-order valence-corrected chi connectivity index (χ2v) is 6.54. The van der Waals surface area contributed by atoms with Crippen molar-refractivity contribution in [2.45, 2.75) is 24.0 Å². The lowest BCUT2D eigenvalue weighted by atomic mass is 10.1. The van der Waals surface area contributed by atoms with Gasteiger partial charge in [-0.25, -0.2) is 0 Å². The van der Waals surface area contributed by atoms with Crippen molar-refractivity contribution in [1.29, 1.82) is 0 Å². The summed E-state index contributed by atoms with van der Waals surface area (Å²) < 4.78 is 32.8. The van der Waals surface area contributed by atoms with Gasteiger partial charge in [0.05, 0.1) is 11.4 Å². The SMILES string of the molecule is Cc1cc(C)cc(Oc2cc3c(cc2N)NC(=O)C(F)(F)S3)c1. The number of benzene rings is 2. The van der Waals surface area contributed by atoms with E-state index in [0.29, 0.717) is 5.75 Å². The summed E-state index contributed by atoms with van der Waals surface area (Å²) in [6.45, 7) is 3.87. The lowest BCUT2D eigenvalue weighted by molar-refractivity contribution is -0.129. The molecule has 0 aromatic heterocycles. The van der Waals surface area contributed by atoms with Crippen LogP contribution < -0.4 is 15.8 Å². The molecule has 3 N–H and O–H groups in total. The number of nitrogens with two attached hydrogens (primary N) is 1. The van der Waals surface area contributed by atoms with Crippen molar-refractivity contribution >= 4 is 29.0 Å². The minimum absolute atomic E-state index is 0.181. The number of alkyl halides is 2. The maximum atomic E-state index is 13.5. The molecule has 0 saturated carbocycles. The predicted molar refractivity (Wildman–Crippen MR) is 86.3 cm³/mol. The number of amides is 1. The second kappa shape index (κ2) is 5.42. The first-order valence-electron chi connectivity index (χ1n) is 6.82. The largest absolute Gasteiger partial charge is 0.455 e. The summed E-state index contributed by atoms with van der Waals surface area (Å²) in [5.74, 6) is -0.503. The van der Waals surface area contributed by atoms with E-state index in [1.807, 2.05) is 32.0 Å². The third-order valence-corrected chi connectivity index (χ3v) is 4.29. The van der Waals surface area contributed by atoms with Crippen LogP contribution in [0.25, 0.3) is 0 Å². The van der Waals surface area contributed by atoms with Crippen LogP contribution in [0.15, 0.2) is 35.2 Å². The van der Waals surface area contributed by atoms with Gasteiger partial charge in [-0.3, -0.25) is 4.79 Å². The van der Waals surface area contributed by atoms with Crippen LogP contribution in [0.1, 0.15) is 11.1 Å². The number of hydrogen-bond acceptors (Lipinski definition) is 4. The molecule has 4 nitrogen and oxygen atoms in total. The maximum Gasteiger partial charge on any atom is 0.375 e. The minimum atomic E-state index is -3.51. The van der Waals surface area contributed by atoms with Crippen LogP contribution in [-0.4, -0.2) is 11.2 Å². The highest BCUT2D eigenvalue weighted by atomic mass is 32.2. The first-order chi connectivity index (χ1) is 10.7. The topological polar surface area (TPSA) is 64.3 Å². The first kappa shape index (κ1) is 15.6. The van der Waals surface area contributed by atoms with E-state index in [4.69, 9.17) is 10.5 Å². The van der Waals surface area contributed by atoms with E-state index in [0.717, 1.165) is 11.1 Å². The number of anilines is 2. The van der Waals surface area contributed by atoms with E-state index in [1.54, 1.807) is 0 Å². The van der Waals surface area contributed by atoms with Crippen LogP contribution in [0.3, 0.4) is 0 Å². The normalized spacial score (nSPS) is 15.7. The summed E-state index contributed by atoms with van der Waals surface area (Å²) >= 11 is 0.181. The van der Waals surface area contributed by atoms with Crippen molar-refractivity contribution in [3.8, 4) is 11.5 Å². The molecule has 0 saturated heterocycles. The number of nitrogen functional groups attached to an aromatic ring is 1. The molecule has 0 fully saturated rings. The Morgan fingerprint density at radius 2 is 1.78 bits per heavy atom. The average Bonchev–Trinajstić information content (AvgIpc) is 2.41. The van der Waals surface area contributed by atoms with Gasteiger partial charge in [-0.05, 0) is 61.0 Å². The Balaban J connectivity index is 1.97. The molecule has 1 amide bonds. The highest BCUT2D eigenvalue weighted by Crippen LogP contribution is 2.47. The summed E-state index contributed by atoms with van der Waals surface area (Å²) in [4.78, 5) is 11.5. The number of ether oxygens (including phenoxy) is 1. The van der Waals surface area contributed by atoms with E-state index in [9.17, 15) is 13.6 Å². The number of hydrogen-bond donors (Lipinski definition) is 2. The van der Waals surface area contributed by atoms with E-state index < -0.39 is 11.2 Å². The van der Waals surface area contributed by atoms with Crippen molar-refractivity contribution in [2.75, 3.05) is 11.1 Å². The van der Waals surface area contributed by atoms with Crippen LogP contribution in [-0.2, 0) is 4.79 Å². The van der Waals surface area contributed by atoms with Crippen LogP contribution in [0.5, 0.6) is 11.5 Å². The average molecular weight is 336 g/mol. The molecule has 1 heterocycles. The zero-order valence-electron chi connectivity index (χ0n) is 12.4. The monoisotopic (exact) mass is 336 g/mol. The van der Waals surface area contributed by atoms with E-state index in [2.05, 4.69) is 5.32 Å². The molecule has 23 heavy (non-hydrogen) atoms. The van der Waals surface area contributed by atoms with Gasteiger partial charge in [-0.1, -0.05) is 6.07 Å². The Labute approximate surface area is 136 Å². The van der Waals surface area contributed by atoms with Crippen molar-refractivity contribution in [3.05, 3.63) is 41.5 Å². The number of halogens is 2. The third-order valence-electron chi connectivity index (χ3n) is 3.29. The minimum Gasteiger partial charge on any atom is -0.455 e. The van der Waals surface area contributed by atoms with Crippen molar-refractivity contribution < 1.29 is 18.3 Å². The van der Waals surface area contributed by atoms with Gasteiger partial charge in [0, 0.05) is 4.90 Å². The van der Waals surface area contributed by atoms with Gasteiger partial charge in [0.2, 0.25) is 0 Å². The van der Waals surface area contributed by atoms with Gasteiger partial charge in [0.1, 0.15) is 5.75 Å². The van der Waals surface area contributed by atoms with Crippen LogP contribution in [0, 0.1) is 13.8 Å². The molecule has 0 unspecified atom stereocenters. The Bertz CT molecular complexity index is 789. The Hall–Kier alpha value is -2.28.